The summed E-state index contributed by atoms with van der Waals surface area (Å²) in [7, 11) is 0. The summed E-state index contributed by atoms with van der Waals surface area (Å²) in [6.45, 7) is 1.64. The summed E-state index contributed by atoms with van der Waals surface area (Å²) in [5.74, 6) is 0.945. The van der Waals surface area contributed by atoms with Gasteiger partial charge in [-0.25, -0.2) is 0 Å². The van der Waals surface area contributed by atoms with Gasteiger partial charge in [0.25, 0.3) is 0 Å². The van der Waals surface area contributed by atoms with Gasteiger partial charge in [0.2, 0.25) is 0 Å². The second-order valence-electron chi connectivity index (χ2n) is 3.78. The molecule has 0 bridgehead atoms. The molecule has 0 saturated heterocycles. The lowest BCUT2D eigenvalue weighted by Gasteiger charge is -2.25. The standard InChI is InChI=1S/C8H12O2/c1-8(10)3-2-5-4-6(5)7(8)9/h5-6,10H,2-4H2,1H3. The summed E-state index contributed by atoms with van der Waals surface area (Å²) < 4.78 is 0. The third-order valence-corrected chi connectivity index (χ3v) is 2.79. The van der Waals surface area contributed by atoms with Gasteiger partial charge in [0, 0.05) is 5.92 Å². The first-order valence-corrected chi connectivity index (χ1v) is 3.88. The second-order valence-corrected chi connectivity index (χ2v) is 3.78. The normalized spacial score (nSPS) is 52.4. The molecule has 0 aromatic heterocycles. The Bertz CT molecular complexity index is 184. The highest BCUT2D eigenvalue weighted by Gasteiger charge is 2.53. The van der Waals surface area contributed by atoms with E-state index in [-0.39, 0.29) is 11.7 Å². The number of aliphatic hydroxyl groups is 1. The smallest absolute Gasteiger partial charge is 0.167 e. The van der Waals surface area contributed by atoms with Crippen LogP contribution in [0.3, 0.4) is 0 Å². The van der Waals surface area contributed by atoms with Crippen molar-refractivity contribution in [2.75, 3.05) is 0 Å². The van der Waals surface area contributed by atoms with Crippen LogP contribution in [0.5, 0.6) is 0 Å². The van der Waals surface area contributed by atoms with Gasteiger partial charge in [-0.05, 0) is 32.1 Å². The number of rotatable bonds is 0. The van der Waals surface area contributed by atoms with Crippen molar-refractivity contribution in [1.29, 1.82) is 0 Å². The van der Waals surface area contributed by atoms with E-state index in [0.29, 0.717) is 12.3 Å². The molecule has 0 radical (unpaired) electrons. The van der Waals surface area contributed by atoms with Crippen LogP contribution in [0.2, 0.25) is 0 Å². The number of hydrogen-bond acceptors (Lipinski definition) is 2. The lowest BCUT2D eigenvalue weighted by atomic mass is 9.85. The van der Waals surface area contributed by atoms with Crippen molar-refractivity contribution < 1.29 is 9.90 Å². The van der Waals surface area contributed by atoms with Gasteiger partial charge in [0.1, 0.15) is 5.60 Å². The van der Waals surface area contributed by atoms with Gasteiger partial charge in [-0.15, -0.1) is 0 Å². The highest BCUT2D eigenvalue weighted by Crippen LogP contribution is 2.50. The maximum absolute atomic E-state index is 11.2. The van der Waals surface area contributed by atoms with Crippen molar-refractivity contribution in [3.63, 3.8) is 0 Å². The largest absolute Gasteiger partial charge is 0.382 e. The summed E-state index contributed by atoms with van der Waals surface area (Å²) in [4.78, 5) is 11.2. The molecular weight excluding hydrogens is 128 g/mol. The van der Waals surface area contributed by atoms with E-state index in [4.69, 9.17) is 0 Å². The molecule has 2 saturated carbocycles. The Balaban J connectivity index is 2.19. The predicted octanol–water partition coefficient (Wildman–Crippen LogP) is 0.736. The van der Waals surface area contributed by atoms with E-state index < -0.39 is 5.60 Å². The zero-order chi connectivity index (χ0) is 7.35. The van der Waals surface area contributed by atoms with Crippen LogP contribution in [-0.4, -0.2) is 16.5 Å². The SMILES string of the molecule is CC1(O)CCC2CC2C1=O. The third kappa shape index (κ3) is 0.717. The van der Waals surface area contributed by atoms with E-state index in [2.05, 4.69) is 0 Å². The molecule has 2 rings (SSSR count). The highest BCUT2D eigenvalue weighted by molar-refractivity contribution is 5.91. The average molecular weight is 140 g/mol. The maximum Gasteiger partial charge on any atom is 0.167 e. The molecule has 0 aromatic rings. The Labute approximate surface area is 60.2 Å². The molecule has 56 valence electrons. The minimum atomic E-state index is -0.988. The summed E-state index contributed by atoms with van der Waals surface area (Å²) in [6.07, 6.45) is 2.76. The van der Waals surface area contributed by atoms with Crippen LogP contribution >= 0.6 is 0 Å². The van der Waals surface area contributed by atoms with Crippen LogP contribution in [0.1, 0.15) is 26.2 Å². The fraction of sp³-hybridized carbons (Fsp3) is 0.875. The van der Waals surface area contributed by atoms with Gasteiger partial charge in [0.15, 0.2) is 5.78 Å². The van der Waals surface area contributed by atoms with Crippen LogP contribution in [0.4, 0.5) is 0 Å². The zero-order valence-electron chi connectivity index (χ0n) is 6.13. The average Bonchev–Trinajstić information content (AvgIpc) is 2.58. The van der Waals surface area contributed by atoms with Crippen LogP contribution in [-0.2, 0) is 4.79 Å². The Morgan fingerprint density at radius 1 is 1.70 bits per heavy atom. The molecule has 1 N–H and O–H groups in total. The summed E-state index contributed by atoms with van der Waals surface area (Å²) in [5.41, 5.74) is -0.988. The van der Waals surface area contributed by atoms with Crippen LogP contribution < -0.4 is 0 Å². The van der Waals surface area contributed by atoms with E-state index >= 15 is 0 Å². The van der Waals surface area contributed by atoms with E-state index in [9.17, 15) is 9.90 Å². The Kier molecular flexibility index (Phi) is 1.03. The molecule has 0 amide bonds. The van der Waals surface area contributed by atoms with Crippen molar-refractivity contribution in [2.45, 2.75) is 31.8 Å². The molecule has 2 heteroatoms. The van der Waals surface area contributed by atoms with E-state index in [1.54, 1.807) is 6.92 Å². The first-order chi connectivity index (χ1) is 4.61. The lowest BCUT2D eigenvalue weighted by molar-refractivity contribution is -0.140. The molecule has 0 spiro atoms. The van der Waals surface area contributed by atoms with Gasteiger partial charge in [-0.3, -0.25) is 4.79 Å². The summed E-state index contributed by atoms with van der Waals surface area (Å²) >= 11 is 0. The third-order valence-electron chi connectivity index (χ3n) is 2.79. The number of ketones is 1. The Morgan fingerprint density at radius 2 is 2.40 bits per heavy atom. The summed E-state index contributed by atoms with van der Waals surface area (Å²) in [5, 5.41) is 9.49. The van der Waals surface area contributed by atoms with Crippen molar-refractivity contribution in [3.05, 3.63) is 0 Å². The van der Waals surface area contributed by atoms with E-state index in [0.717, 1.165) is 12.8 Å². The minimum absolute atomic E-state index is 0.0868. The maximum atomic E-state index is 11.2. The molecule has 0 heterocycles. The molecule has 2 aliphatic rings. The second kappa shape index (κ2) is 1.62. The fourth-order valence-corrected chi connectivity index (χ4v) is 1.88. The molecule has 0 aromatic carbocycles. The van der Waals surface area contributed by atoms with Gasteiger partial charge in [-0.2, -0.15) is 0 Å². The van der Waals surface area contributed by atoms with E-state index in [1.807, 2.05) is 0 Å². The van der Waals surface area contributed by atoms with Crippen LogP contribution in [0, 0.1) is 11.8 Å². The molecule has 0 aliphatic heterocycles. The number of hydrogen-bond donors (Lipinski definition) is 1. The first-order valence-electron chi connectivity index (χ1n) is 3.88. The first kappa shape index (κ1) is 6.35. The van der Waals surface area contributed by atoms with E-state index in [1.165, 1.54) is 0 Å². The van der Waals surface area contributed by atoms with Crippen LogP contribution in [0.15, 0.2) is 0 Å². The number of carbonyl (C=O) groups is 1. The molecule has 3 atom stereocenters. The molecule has 10 heavy (non-hydrogen) atoms. The van der Waals surface area contributed by atoms with Gasteiger partial charge >= 0.3 is 0 Å². The van der Waals surface area contributed by atoms with Crippen molar-refractivity contribution >= 4 is 5.78 Å². The zero-order valence-corrected chi connectivity index (χ0v) is 6.13. The predicted molar refractivity (Wildman–Crippen MR) is 36.5 cm³/mol. The van der Waals surface area contributed by atoms with Crippen molar-refractivity contribution in [2.24, 2.45) is 11.8 Å². The number of fused-ring (bicyclic) bond motifs is 1. The summed E-state index contributed by atoms with van der Waals surface area (Å²) in [6, 6.07) is 0. The molecule has 2 aliphatic carbocycles. The van der Waals surface area contributed by atoms with Crippen LogP contribution in [0.25, 0.3) is 0 Å². The molecule has 3 unspecified atom stereocenters. The molecule has 2 nitrogen and oxygen atoms in total. The van der Waals surface area contributed by atoms with Gasteiger partial charge in [-0.1, -0.05) is 0 Å². The van der Waals surface area contributed by atoms with Gasteiger partial charge < -0.3 is 5.11 Å². The molecule has 2 fully saturated rings. The van der Waals surface area contributed by atoms with Crippen molar-refractivity contribution in [3.8, 4) is 0 Å². The Morgan fingerprint density at radius 3 is 3.00 bits per heavy atom. The minimum Gasteiger partial charge on any atom is -0.382 e. The lowest BCUT2D eigenvalue weighted by Crippen LogP contribution is -2.39. The fourth-order valence-electron chi connectivity index (χ4n) is 1.88. The topological polar surface area (TPSA) is 37.3 Å². The number of carbonyl (C=O) groups excluding carboxylic acids is 1. The van der Waals surface area contributed by atoms with Gasteiger partial charge in [0.05, 0.1) is 0 Å². The Hall–Kier alpha value is -0.370. The monoisotopic (exact) mass is 140 g/mol. The highest BCUT2D eigenvalue weighted by atomic mass is 16.3. The van der Waals surface area contributed by atoms with Crippen molar-refractivity contribution in [1.82, 2.24) is 0 Å². The molecular formula is C8H12O2. The quantitative estimate of drug-likeness (QED) is 0.538. The number of Topliss-reactive ketones (excluding diaryl/α,β-unsaturated/α-hetero) is 1.